The largest absolute Gasteiger partial charge is 0.508 e. The molecular weight excluding hydrogens is 320 g/mol. The summed E-state index contributed by atoms with van der Waals surface area (Å²) in [4.78, 5) is 0. The lowest BCUT2D eigenvalue weighted by Gasteiger charge is -2.22. The summed E-state index contributed by atoms with van der Waals surface area (Å²) in [7, 11) is 0. The molecule has 0 aliphatic carbocycles. The first-order chi connectivity index (χ1) is 11.8. The second-order valence-corrected chi connectivity index (χ2v) is 6.27. The van der Waals surface area contributed by atoms with Crippen molar-refractivity contribution in [3.63, 3.8) is 0 Å². The van der Waals surface area contributed by atoms with Crippen LogP contribution in [0.3, 0.4) is 0 Å². The van der Waals surface area contributed by atoms with Crippen molar-refractivity contribution >= 4 is 0 Å². The molecule has 25 heavy (non-hydrogen) atoms. The molecule has 0 bridgehead atoms. The minimum Gasteiger partial charge on any atom is -0.508 e. The molecule has 1 unspecified atom stereocenters. The van der Waals surface area contributed by atoms with E-state index in [0.29, 0.717) is 41.9 Å². The lowest BCUT2D eigenvalue weighted by atomic mass is 9.91. The number of phenols is 3. The van der Waals surface area contributed by atoms with Gasteiger partial charge in [0.2, 0.25) is 0 Å². The van der Waals surface area contributed by atoms with Crippen LogP contribution in [0.5, 0.6) is 23.0 Å². The van der Waals surface area contributed by atoms with Crippen molar-refractivity contribution in [1.82, 2.24) is 0 Å². The normalized spacial score (nSPS) is 12.2. The standard InChI is InChI=1S/C20H26O5/c1-5-25-20-12(3)11(2)19(24)18(13(20)4)16(22)9-7-14-6-8-15(21)10-17(14)23/h6,8,10,16,21-24H,5,7,9H2,1-4H3. The van der Waals surface area contributed by atoms with Gasteiger partial charge in [0, 0.05) is 17.2 Å². The Bertz CT molecular complexity index is 767. The summed E-state index contributed by atoms with van der Waals surface area (Å²) < 4.78 is 5.70. The molecule has 0 amide bonds. The van der Waals surface area contributed by atoms with E-state index < -0.39 is 6.10 Å². The first-order valence-corrected chi connectivity index (χ1v) is 8.42. The van der Waals surface area contributed by atoms with Crippen molar-refractivity contribution < 1.29 is 25.2 Å². The number of hydrogen-bond acceptors (Lipinski definition) is 5. The van der Waals surface area contributed by atoms with Gasteiger partial charge in [-0.3, -0.25) is 0 Å². The maximum atomic E-state index is 10.7. The summed E-state index contributed by atoms with van der Waals surface area (Å²) in [6, 6.07) is 4.39. The third-order valence-corrected chi connectivity index (χ3v) is 4.64. The zero-order valence-corrected chi connectivity index (χ0v) is 15.1. The molecule has 0 heterocycles. The first-order valence-electron chi connectivity index (χ1n) is 8.42. The summed E-state index contributed by atoms with van der Waals surface area (Å²) >= 11 is 0. The predicted octanol–water partition coefficient (Wildman–Crippen LogP) is 3.79. The van der Waals surface area contributed by atoms with Crippen LogP contribution in [0.1, 0.15) is 47.3 Å². The molecule has 5 nitrogen and oxygen atoms in total. The molecule has 1 atom stereocenters. The molecule has 2 aromatic rings. The van der Waals surface area contributed by atoms with Gasteiger partial charge in [-0.1, -0.05) is 6.07 Å². The van der Waals surface area contributed by atoms with Gasteiger partial charge in [0.25, 0.3) is 0 Å². The fraction of sp³-hybridized carbons (Fsp3) is 0.400. The molecule has 0 spiro atoms. The maximum Gasteiger partial charge on any atom is 0.125 e. The van der Waals surface area contributed by atoms with Crippen LogP contribution in [0.2, 0.25) is 0 Å². The fourth-order valence-electron chi connectivity index (χ4n) is 3.10. The third kappa shape index (κ3) is 3.82. The van der Waals surface area contributed by atoms with E-state index in [4.69, 9.17) is 4.74 Å². The number of aryl methyl sites for hydroxylation is 1. The SMILES string of the molecule is CCOc1c(C)c(C)c(O)c(C(O)CCc2ccc(O)cc2O)c1C. The average molecular weight is 346 g/mol. The minimum atomic E-state index is -0.897. The number of benzene rings is 2. The molecule has 0 radical (unpaired) electrons. The first kappa shape index (κ1) is 18.9. The van der Waals surface area contributed by atoms with Crippen LogP contribution >= 0.6 is 0 Å². The highest BCUT2D eigenvalue weighted by molar-refractivity contribution is 5.58. The van der Waals surface area contributed by atoms with E-state index in [0.717, 1.165) is 11.1 Å². The molecule has 2 aromatic carbocycles. The van der Waals surface area contributed by atoms with E-state index in [1.165, 1.54) is 12.1 Å². The van der Waals surface area contributed by atoms with Gasteiger partial charge < -0.3 is 25.2 Å². The Balaban J connectivity index is 2.30. The Morgan fingerprint density at radius 3 is 2.28 bits per heavy atom. The van der Waals surface area contributed by atoms with Crippen LogP contribution in [0.4, 0.5) is 0 Å². The number of aliphatic hydroxyl groups excluding tert-OH is 1. The van der Waals surface area contributed by atoms with Crippen LogP contribution in [0.15, 0.2) is 18.2 Å². The summed E-state index contributed by atoms with van der Waals surface area (Å²) in [5, 5.41) is 40.4. The summed E-state index contributed by atoms with van der Waals surface area (Å²) in [5.41, 5.74) is 3.37. The van der Waals surface area contributed by atoms with Gasteiger partial charge in [-0.05, 0) is 63.3 Å². The zero-order chi connectivity index (χ0) is 18.7. The number of rotatable bonds is 6. The number of aromatic hydroxyl groups is 3. The van der Waals surface area contributed by atoms with E-state index >= 15 is 0 Å². The topological polar surface area (TPSA) is 90.2 Å². The molecule has 2 rings (SSSR count). The Morgan fingerprint density at radius 2 is 1.68 bits per heavy atom. The molecule has 0 aromatic heterocycles. The molecule has 136 valence electrons. The van der Waals surface area contributed by atoms with Gasteiger partial charge in [-0.25, -0.2) is 0 Å². The highest BCUT2D eigenvalue weighted by Gasteiger charge is 2.23. The Morgan fingerprint density at radius 1 is 1.00 bits per heavy atom. The third-order valence-electron chi connectivity index (χ3n) is 4.64. The van der Waals surface area contributed by atoms with E-state index in [2.05, 4.69) is 0 Å². The van der Waals surface area contributed by atoms with E-state index in [-0.39, 0.29) is 17.2 Å². The van der Waals surface area contributed by atoms with Crippen molar-refractivity contribution in [2.45, 2.75) is 46.6 Å². The molecule has 0 fully saturated rings. The molecule has 0 saturated carbocycles. The van der Waals surface area contributed by atoms with Gasteiger partial charge in [0.1, 0.15) is 23.0 Å². The van der Waals surface area contributed by atoms with Crippen molar-refractivity contribution in [2.24, 2.45) is 0 Å². The lowest BCUT2D eigenvalue weighted by Crippen LogP contribution is -2.08. The minimum absolute atomic E-state index is 0.00852. The molecule has 0 aliphatic rings. The van der Waals surface area contributed by atoms with Gasteiger partial charge in [0.05, 0.1) is 12.7 Å². The average Bonchev–Trinajstić information content (AvgIpc) is 2.56. The summed E-state index contributed by atoms with van der Waals surface area (Å²) in [5.74, 6) is 0.759. The lowest BCUT2D eigenvalue weighted by molar-refractivity contribution is 0.162. The molecule has 0 aliphatic heterocycles. The molecule has 0 saturated heterocycles. The van der Waals surface area contributed by atoms with Crippen LogP contribution in [-0.4, -0.2) is 27.0 Å². The van der Waals surface area contributed by atoms with Crippen LogP contribution in [0.25, 0.3) is 0 Å². The smallest absolute Gasteiger partial charge is 0.125 e. The van der Waals surface area contributed by atoms with Gasteiger partial charge in [-0.2, -0.15) is 0 Å². The maximum absolute atomic E-state index is 10.7. The summed E-state index contributed by atoms with van der Waals surface area (Å²) in [6.45, 7) is 7.91. The second-order valence-electron chi connectivity index (χ2n) is 6.27. The number of phenolic OH excluding ortho intramolecular Hbond substituents is 3. The van der Waals surface area contributed by atoms with Crippen LogP contribution in [-0.2, 0) is 6.42 Å². The highest BCUT2D eigenvalue weighted by atomic mass is 16.5. The van der Waals surface area contributed by atoms with Crippen molar-refractivity contribution in [1.29, 1.82) is 0 Å². The number of hydrogen-bond donors (Lipinski definition) is 4. The fourth-order valence-corrected chi connectivity index (χ4v) is 3.10. The Labute approximate surface area is 148 Å². The highest BCUT2D eigenvalue weighted by Crippen LogP contribution is 2.41. The molecule has 5 heteroatoms. The van der Waals surface area contributed by atoms with Crippen molar-refractivity contribution in [3.05, 3.63) is 46.0 Å². The number of ether oxygens (including phenoxy) is 1. The van der Waals surface area contributed by atoms with Crippen molar-refractivity contribution in [2.75, 3.05) is 6.61 Å². The molecule has 4 N–H and O–H groups in total. The van der Waals surface area contributed by atoms with Crippen LogP contribution < -0.4 is 4.74 Å². The predicted molar refractivity (Wildman–Crippen MR) is 96.5 cm³/mol. The van der Waals surface area contributed by atoms with E-state index in [1.54, 1.807) is 13.0 Å². The zero-order valence-electron chi connectivity index (χ0n) is 15.1. The molecular formula is C20H26O5. The van der Waals surface area contributed by atoms with Gasteiger partial charge in [0.15, 0.2) is 0 Å². The van der Waals surface area contributed by atoms with E-state index in [1.807, 2.05) is 20.8 Å². The Hall–Kier alpha value is -2.40. The van der Waals surface area contributed by atoms with Gasteiger partial charge in [-0.15, -0.1) is 0 Å². The summed E-state index contributed by atoms with van der Waals surface area (Å²) in [6.07, 6.45) is -0.171. The Kier molecular flexibility index (Phi) is 5.80. The van der Waals surface area contributed by atoms with Gasteiger partial charge >= 0.3 is 0 Å². The monoisotopic (exact) mass is 346 g/mol. The number of aliphatic hydroxyl groups is 1. The quantitative estimate of drug-likeness (QED) is 0.639. The van der Waals surface area contributed by atoms with Crippen molar-refractivity contribution in [3.8, 4) is 23.0 Å². The second kappa shape index (κ2) is 7.66. The van der Waals surface area contributed by atoms with Crippen LogP contribution in [0, 0.1) is 20.8 Å². The van der Waals surface area contributed by atoms with E-state index in [9.17, 15) is 20.4 Å².